The van der Waals surface area contributed by atoms with Gasteiger partial charge in [-0.2, -0.15) is 0 Å². The van der Waals surface area contributed by atoms with E-state index in [1.807, 2.05) is 0 Å². The van der Waals surface area contributed by atoms with Crippen molar-refractivity contribution in [2.75, 3.05) is 21.3 Å². The van der Waals surface area contributed by atoms with Gasteiger partial charge in [-0.1, -0.05) is 23.2 Å². The SMILES string of the molecule is COc1cc(Cl)c2c(=O)n(-c3cc(OC)c(Cl)cc3OC)c(=S)[nH]c2c1. The van der Waals surface area contributed by atoms with Crippen molar-refractivity contribution in [2.45, 2.75) is 0 Å². The van der Waals surface area contributed by atoms with Gasteiger partial charge in [0, 0.05) is 18.2 Å². The van der Waals surface area contributed by atoms with E-state index in [-0.39, 0.29) is 15.2 Å². The van der Waals surface area contributed by atoms with Crippen molar-refractivity contribution in [3.05, 3.63) is 49.4 Å². The first-order valence-corrected chi connectivity index (χ1v) is 8.52. The van der Waals surface area contributed by atoms with Gasteiger partial charge in [-0.15, -0.1) is 0 Å². The maximum absolute atomic E-state index is 13.1. The van der Waals surface area contributed by atoms with Gasteiger partial charge >= 0.3 is 0 Å². The van der Waals surface area contributed by atoms with Gasteiger partial charge in [0.2, 0.25) is 0 Å². The second kappa shape index (κ2) is 7.19. The molecule has 0 aliphatic rings. The zero-order valence-electron chi connectivity index (χ0n) is 14.1. The van der Waals surface area contributed by atoms with Crippen LogP contribution < -0.4 is 19.8 Å². The minimum atomic E-state index is -0.404. The molecule has 136 valence electrons. The minimum absolute atomic E-state index is 0.162. The van der Waals surface area contributed by atoms with Gasteiger partial charge in [0.1, 0.15) is 17.2 Å². The Balaban J connectivity index is 2.42. The number of fused-ring (bicyclic) bond motifs is 1. The van der Waals surface area contributed by atoms with Crippen LogP contribution in [0.3, 0.4) is 0 Å². The first kappa shape index (κ1) is 18.6. The highest BCUT2D eigenvalue weighted by Crippen LogP contribution is 2.35. The molecule has 0 spiro atoms. The number of aromatic nitrogens is 2. The van der Waals surface area contributed by atoms with Crippen LogP contribution in [0.5, 0.6) is 17.2 Å². The maximum Gasteiger partial charge on any atom is 0.268 e. The summed E-state index contributed by atoms with van der Waals surface area (Å²) in [6.07, 6.45) is 0. The number of nitrogens with zero attached hydrogens (tertiary/aromatic N) is 1. The third-order valence-corrected chi connectivity index (χ3v) is 4.73. The van der Waals surface area contributed by atoms with Crippen molar-refractivity contribution in [3.8, 4) is 22.9 Å². The highest BCUT2D eigenvalue weighted by atomic mass is 35.5. The summed E-state index contributed by atoms with van der Waals surface area (Å²) in [4.78, 5) is 16.1. The predicted octanol–water partition coefficient (Wildman–Crippen LogP) is 4.38. The summed E-state index contributed by atoms with van der Waals surface area (Å²) in [6, 6.07) is 6.35. The molecule has 3 aromatic rings. The van der Waals surface area contributed by atoms with E-state index >= 15 is 0 Å². The van der Waals surface area contributed by atoms with E-state index in [0.717, 1.165) is 0 Å². The number of hydrogen-bond acceptors (Lipinski definition) is 5. The molecule has 0 unspecified atom stereocenters. The lowest BCUT2D eigenvalue weighted by Gasteiger charge is -2.15. The van der Waals surface area contributed by atoms with Gasteiger partial charge in [0.15, 0.2) is 4.77 Å². The predicted molar refractivity (Wildman–Crippen MR) is 104 cm³/mol. The van der Waals surface area contributed by atoms with Crippen LogP contribution in [0.4, 0.5) is 0 Å². The fourth-order valence-electron chi connectivity index (χ4n) is 2.63. The zero-order chi connectivity index (χ0) is 19.0. The van der Waals surface area contributed by atoms with Crippen molar-refractivity contribution in [1.29, 1.82) is 0 Å². The Kier molecular flexibility index (Phi) is 5.13. The highest BCUT2D eigenvalue weighted by Gasteiger charge is 2.17. The molecular weight excluding hydrogens is 399 g/mol. The number of H-pyrrole nitrogens is 1. The maximum atomic E-state index is 13.1. The molecule has 6 nitrogen and oxygen atoms in total. The van der Waals surface area contributed by atoms with E-state index < -0.39 is 5.56 Å². The molecule has 0 aliphatic heterocycles. The number of hydrogen-bond donors (Lipinski definition) is 1. The van der Waals surface area contributed by atoms with E-state index in [1.165, 1.54) is 25.9 Å². The Morgan fingerprint density at radius 3 is 2.27 bits per heavy atom. The Morgan fingerprint density at radius 1 is 0.962 bits per heavy atom. The molecule has 0 saturated heterocycles. The third-order valence-electron chi connectivity index (χ3n) is 3.86. The van der Waals surface area contributed by atoms with Gasteiger partial charge in [-0.25, -0.2) is 4.57 Å². The van der Waals surface area contributed by atoms with Gasteiger partial charge in [-0.3, -0.25) is 4.79 Å². The van der Waals surface area contributed by atoms with Crippen LogP contribution in [0.2, 0.25) is 10.0 Å². The highest BCUT2D eigenvalue weighted by molar-refractivity contribution is 7.71. The summed E-state index contributed by atoms with van der Waals surface area (Å²) in [6.45, 7) is 0. The Labute approximate surface area is 163 Å². The number of halogens is 2. The summed E-state index contributed by atoms with van der Waals surface area (Å²) in [5.74, 6) is 1.25. The van der Waals surface area contributed by atoms with Crippen LogP contribution in [0.1, 0.15) is 0 Å². The summed E-state index contributed by atoms with van der Waals surface area (Å²) >= 11 is 17.8. The normalized spacial score (nSPS) is 10.8. The molecule has 0 fully saturated rings. The fraction of sp³-hybridized carbons (Fsp3) is 0.176. The third kappa shape index (κ3) is 3.02. The van der Waals surface area contributed by atoms with Crippen molar-refractivity contribution in [3.63, 3.8) is 0 Å². The Morgan fingerprint density at radius 2 is 1.65 bits per heavy atom. The molecule has 0 bridgehead atoms. The van der Waals surface area contributed by atoms with E-state index in [4.69, 9.17) is 49.6 Å². The van der Waals surface area contributed by atoms with Gasteiger partial charge in [0.25, 0.3) is 5.56 Å². The van der Waals surface area contributed by atoms with Gasteiger partial charge < -0.3 is 19.2 Å². The van der Waals surface area contributed by atoms with Crippen LogP contribution in [0.25, 0.3) is 16.6 Å². The standard InChI is InChI=1S/C17H14Cl2N2O4S/c1-23-8-4-10(19)15-11(5-8)20-17(26)21(16(15)22)12-7-13(24-2)9(18)6-14(12)25-3/h4-7H,1-3H3,(H,20,26). The van der Waals surface area contributed by atoms with Crippen LogP contribution in [-0.4, -0.2) is 30.9 Å². The van der Waals surface area contributed by atoms with Crippen LogP contribution in [0.15, 0.2) is 29.1 Å². The number of methoxy groups -OCH3 is 3. The Hall–Kier alpha value is -2.22. The molecule has 0 atom stereocenters. The van der Waals surface area contributed by atoms with Gasteiger partial charge in [0.05, 0.1) is 48.0 Å². The largest absolute Gasteiger partial charge is 0.497 e. The molecule has 0 amide bonds. The van der Waals surface area contributed by atoms with Crippen LogP contribution in [0, 0.1) is 4.77 Å². The van der Waals surface area contributed by atoms with Gasteiger partial charge in [-0.05, 0) is 18.3 Å². The molecule has 0 aliphatic carbocycles. The molecule has 9 heteroatoms. The number of benzene rings is 2. The molecule has 1 N–H and O–H groups in total. The summed E-state index contributed by atoms with van der Waals surface area (Å²) in [5.41, 5.74) is 0.452. The first-order chi connectivity index (χ1) is 12.4. The average Bonchev–Trinajstić information content (AvgIpc) is 2.61. The number of aromatic amines is 1. The van der Waals surface area contributed by atoms with Crippen molar-refractivity contribution in [2.24, 2.45) is 0 Å². The van der Waals surface area contributed by atoms with Crippen LogP contribution in [-0.2, 0) is 0 Å². The lowest BCUT2D eigenvalue weighted by Crippen LogP contribution is -2.21. The second-order valence-electron chi connectivity index (χ2n) is 5.26. The van der Waals surface area contributed by atoms with E-state index in [2.05, 4.69) is 4.98 Å². The average molecular weight is 413 g/mol. The smallest absolute Gasteiger partial charge is 0.268 e. The molecule has 2 aromatic carbocycles. The molecule has 26 heavy (non-hydrogen) atoms. The molecule has 1 heterocycles. The molecular formula is C17H14Cl2N2O4S. The van der Waals surface area contributed by atoms with Crippen LogP contribution >= 0.6 is 35.4 Å². The minimum Gasteiger partial charge on any atom is -0.497 e. The molecule has 1 aromatic heterocycles. The van der Waals surface area contributed by atoms with E-state index in [1.54, 1.807) is 24.3 Å². The molecule has 0 radical (unpaired) electrons. The van der Waals surface area contributed by atoms with Crippen molar-refractivity contribution >= 4 is 46.3 Å². The second-order valence-corrected chi connectivity index (χ2v) is 6.46. The lowest BCUT2D eigenvalue weighted by atomic mass is 10.2. The number of nitrogens with one attached hydrogen (secondary N) is 1. The summed E-state index contributed by atoms with van der Waals surface area (Å²) in [5, 5.41) is 0.862. The van der Waals surface area contributed by atoms with Crippen molar-refractivity contribution in [1.82, 2.24) is 9.55 Å². The fourth-order valence-corrected chi connectivity index (χ4v) is 3.44. The van der Waals surface area contributed by atoms with Crippen molar-refractivity contribution < 1.29 is 14.2 Å². The summed E-state index contributed by atoms with van der Waals surface area (Å²) < 4.78 is 17.2. The number of ether oxygens (including phenoxy) is 3. The quantitative estimate of drug-likeness (QED) is 0.643. The van der Waals surface area contributed by atoms with E-state index in [9.17, 15) is 4.79 Å². The van der Waals surface area contributed by atoms with E-state index in [0.29, 0.717) is 33.5 Å². The number of rotatable bonds is 4. The lowest BCUT2D eigenvalue weighted by molar-refractivity contribution is 0.401. The first-order valence-electron chi connectivity index (χ1n) is 7.35. The monoisotopic (exact) mass is 412 g/mol. The molecule has 0 saturated carbocycles. The zero-order valence-corrected chi connectivity index (χ0v) is 16.4. The Bertz CT molecular complexity index is 1120. The molecule has 3 rings (SSSR count). The summed E-state index contributed by atoms with van der Waals surface area (Å²) in [7, 11) is 4.46. The topological polar surface area (TPSA) is 65.5 Å².